The van der Waals surface area contributed by atoms with E-state index in [0.29, 0.717) is 44.0 Å². The lowest BCUT2D eigenvalue weighted by molar-refractivity contribution is -0.141. The fraction of sp³-hybridized carbons (Fsp3) is 0.875. The van der Waals surface area contributed by atoms with Crippen molar-refractivity contribution in [2.45, 2.75) is 127 Å². The van der Waals surface area contributed by atoms with Crippen molar-refractivity contribution in [2.75, 3.05) is 32.8 Å². The summed E-state index contributed by atoms with van der Waals surface area (Å²) < 4.78 is 12.9. The summed E-state index contributed by atoms with van der Waals surface area (Å²) >= 11 is 0. The molecule has 1 N–H and O–H groups in total. The quantitative estimate of drug-likeness (QED) is 0.107. The molecule has 0 bridgehead atoms. The van der Waals surface area contributed by atoms with Gasteiger partial charge < -0.3 is 19.5 Å². The Hall–Kier alpha value is -2.78. The van der Waals surface area contributed by atoms with Crippen LogP contribution in [0.2, 0.25) is 0 Å². The molecule has 2 heterocycles. The lowest BCUT2D eigenvalue weighted by Crippen LogP contribution is -2.56. The van der Waals surface area contributed by atoms with Gasteiger partial charge >= 0.3 is 0 Å². The van der Waals surface area contributed by atoms with Gasteiger partial charge in [-0.1, -0.05) is 35.9 Å². The summed E-state index contributed by atoms with van der Waals surface area (Å²) in [7, 11) is 0. The van der Waals surface area contributed by atoms with Crippen LogP contribution in [0.4, 0.5) is 0 Å². The van der Waals surface area contributed by atoms with Crippen LogP contribution in [0.5, 0.6) is 0 Å². The molecular formula is C32H50N8O4. The molecule has 3 fully saturated rings. The molecule has 5 rings (SSSR count). The zero-order valence-corrected chi connectivity index (χ0v) is 26.2. The number of hydrogen-bond donors (Lipinski definition) is 1. The first kappa shape index (κ1) is 32.6. The highest BCUT2D eigenvalue weighted by atomic mass is 16.5. The number of rotatable bonds is 12. The van der Waals surface area contributed by atoms with E-state index in [9.17, 15) is 10.3 Å². The van der Waals surface area contributed by atoms with Gasteiger partial charge in [0, 0.05) is 54.3 Å². The van der Waals surface area contributed by atoms with Gasteiger partial charge in [0.25, 0.3) is 5.91 Å². The largest absolute Gasteiger partial charge is 0.470 e. The Kier molecular flexibility index (Phi) is 11.8. The van der Waals surface area contributed by atoms with Gasteiger partial charge in [-0.05, 0) is 112 Å². The molecule has 12 heteroatoms. The predicted octanol–water partition coefficient (Wildman–Crippen LogP) is 7.14. The Bertz CT molecular complexity index is 1150. The van der Waals surface area contributed by atoms with Crippen LogP contribution in [0.3, 0.4) is 0 Å². The van der Waals surface area contributed by atoms with Crippen LogP contribution in [0.25, 0.3) is 20.9 Å². The van der Waals surface area contributed by atoms with Crippen molar-refractivity contribution in [2.24, 2.45) is 33.0 Å². The number of carbonyl (C=O) groups excluding carboxylic acids is 1. The molecule has 1 amide bonds. The van der Waals surface area contributed by atoms with Crippen LogP contribution in [0.1, 0.15) is 109 Å². The maximum Gasteiger partial charge on any atom is 0.254 e. The molecule has 4 atom stereocenters. The third-order valence-corrected chi connectivity index (χ3v) is 10.7. The highest BCUT2D eigenvalue weighted by molar-refractivity contribution is 5.95. The van der Waals surface area contributed by atoms with Crippen molar-refractivity contribution in [3.63, 3.8) is 0 Å². The molecule has 0 aromatic heterocycles. The van der Waals surface area contributed by atoms with Gasteiger partial charge in [-0.2, -0.15) is 0 Å². The highest BCUT2D eigenvalue weighted by Crippen LogP contribution is 2.48. The van der Waals surface area contributed by atoms with E-state index >= 15 is 0 Å². The number of piperidine rings is 1. The number of allylic oxidation sites excluding steroid dienone is 1. The molecule has 0 radical (unpaired) electrons. The summed E-state index contributed by atoms with van der Waals surface area (Å²) in [4.78, 5) is 28.6. The molecule has 12 nitrogen and oxygen atoms in total. The molecule has 3 aliphatic carbocycles. The first-order chi connectivity index (χ1) is 21.6. The SMILES string of the molecule is [N-]=[N+]=NCC1CCCCC1C[C@]1(C(=O)N2CCCCC2)N=C(C2CCC(OCCCO)CC2)O[C@H]1C1=C(N=[N+]=[N-])CCCC1. The molecule has 1 saturated heterocycles. The van der Waals surface area contributed by atoms with Gasteiger partial charge in [0.2, 0.25) is 0 Å². The van der Waals surface area contributed by atoms with Crippen molar-refractivity contribution >= 4 is 11.8 Å². The van der Waals surface area contributed by atoms with Gasteiger partial charge in [0.15, 0.2) is 17.5 Å². The molecule has 2 saturated carbocycles. The summed E-state index contributed by atoms with van der Waals surface area (Å²) in [6.07, 6.45) is 14.8. The molecule has 2 unspecified atom stereocenters. The number of aliphatic imine (C=N–C) groups is 1. The van der Waals surface area contributed by atoms with Crippen LogP contribution in [-0.2, 0) is 14.3 Å². The van der Waals surface area contributed by atoms with Crippen LogP contribution in [0, 0.1) is 17.8 Å². The number of hydrogen-bond acceptors (Lipinski definition) is 7. The Morgan fingerprint density at radius 1 is 0.977 bits per heavy atom. The minimum absolute atomic E-state index is 0.0460. The number of aliphatic hydroxyl groups is 1. The van der Waals surface area contributed by atoms with Crippen LogP contribution in [0.15, 0.2) is 26.5 Å². The van der Waals surface area contributed by atoms with Crippen molar-refractivity contribution < 1.29 is 19.4 Å². The van der Waals surface area contributed by atoms with Crippen molar-refractivity contribution in [1.29, 1.82) is 0 Å². The van der Waals surface area contributed by atoms with Gasteiger partial charge in [0.05, 0.1) is 6.10 Å². The first-order valence-corrected chi connectivity index (χ1v) is 17.2. The molecule has 5 aliphatic rings. The van der Waals surface area contributed by atoms with E-state index in [1.165, 1.54) is 0 Å². The summed E-state index contributed by atoms with van der Waals surface area (Å²) in [5.74, 6) is 1.21. The summed E-state index contributed by atoms with van der Waals surface area (Å²) in [6.45, 7) is 2.58. The lowest BCUT2D eigenvalue weighted by atomic mass is 9.69. The zero-order valence-electron chi connectivity index (χ0n) is 26.2. The van der Waals surface area contributed by atoms with E-state index in [0.717, 1.165) is 109 Å². The second kappa shape index (κ2) is 16.0. The monoisotopic (exact) mass is 610 g/mol. The molecule has 0 spiro atoms. The Morgan fingerprint density at radius 3 is 2.45 bits per heavy atom. The first-order valence-electron chi connectivity index (χ1n) is 17.2. The number of azide groups is 2. The minimum atomic E-state index is -1.12. The molecule has 44 heavy (non-hydrogen) atoms. The number of likely N-dealkylation sites (tertiary alicyclic amines) is 1. The number of nitrogens with zero attached hydrogens (tertiary/aromatic N) is 8. The van der Waals surface area contributed by atoms with Crippen molar-refractivity contribution in [3.05, 3.63) is 32.2 Å². The maximum absolute atomic E-state index is 15.0. The predicted molar refractivity (Wildman–Crippen MR) is 168 cm³/mol. The second-order valence-electron chi connectivity index (χ2n) is 13.4. The molecule has 0 aromatic carbocycles. The van der Waals surface area contributed by atoms with E-state index in [4.69, 9.17) is 25.1 Å². The lowest BCUT2D eigenvalue weighted by Gasteiger charge is -2.42. The van der Waals surface area contributed by atoms with E-state index in [-0.39, 0.29) is 36.4 Å². The Balaban J connectivity index is 1.53. The standard InChI is InChI=1S/C32H50N8O4/c33-38-35-22-25-10-3-2-9-24(25)21-32(31(42)40-17-6-1-7-18-40)29(27-11-4-5-12-28(27)37-39-34)44-30(36-32)23-13-15-26(16-14-23)43-20-8-19-41/h23-26,29,41H,1-22H2/t23?,24?,25?,26?,29-,32-/m0/s1. The van der Waals surface area contributed by atoms with E-state index in [2.05, 4.69) is 20.1 Å². The second-order valence-corrected chi connectivity index (χ2v) is 13.4. The Morgan fingerprint density at radius 2 is 1.73 bits per heavy atom. The van der Waals surface area contributed by atoms with E-state index < -0.39 is 11.6 Å². The normalized spacial score (nSPS) is 32.7. The van der Waals surface area contributed by atoms with Gasteiger partial charge in [0.1, 0.15) is 0 Å². The van der Waals surface area contributed by atoms with Crippen LogP contribution in [-0.4, -0.2) is 72.4 Å². The average molecular weight is 611 g/mol. The average Bonchev–Trinajstić information content (AvgIpc) is 3.45. The van der Waals surface area contributed by atoms with Crippen molar-refractivity contribution in [3.8, 4) is 0 Å². The third-order valence-electron chi connectivity index (χ3n) is 10.7. The van der Waals surface area contributed by atoms with E-state index in [1.54, 1.807) is 0 Å². The molecule has 2 aliphatic heterocycles. The Labute approximate surface area is 260 Å². The zero-order chi connectivity index (χ0) is 30.8. The van der Waals surface area contributed by atoms with Gasteiger partial charge in [-0.25, -0.2) is 4.99 Å². The highest BCUT2D eigenvalue weighted by Gasteiger charge is 2.57. The third kappa shape index (κ3) is 7.53. The number of ether oxygens (including phenoxy) is 2. The van der Waals surface area contributed by atoms with Gasteiger partial charge in [-0.15, -0.1) is 0 Å². The van der Waals surface area contributed by atoms with Crippen LogP contribution >= 0.6 is 0 Å². The van der Waals surface area contributed by atoms with Crippen molar-refractivity contribution in [1.82, 2.24) is 4.90 Å². The number of aliphatic hydroxyl groups excluding tert-OH is 1. The fourth-order valence-corrected chi connectivity index (χ4v) is 8.31. The molecular weight excluding hydrogens is 560 g/mol. The summed E-state index contributed by atoms with van der Waals surface area (Å²) in [6, 6.07) is 0. The van der Waals surface area contributed by atoms with Gasteiger partial charge in [-0.3, -0.25) is 4.79 Å². The fourth-order valence-electron chi connectivity index (χ4n) is 8.31. The smallest absolute Gasteiger partial charge is 0.254 e. The summed E-state index contributed by atoms with van der Waals surface area (Å²) in [5.41, 5.74) is 19.1. The minimum Gasteiger partial charge on any atom is -0.470 e. The maximum atomic E-state index is 15.0. The summed E-state index contributed by atoms with van der Waals surface area (Å²) in [5, 5.41) is 17.3. The number of carbonyl (C=O) groups is 1. The molecule has 242 valence electrons. The number of amides is 1. The van der Waals surface area contributed by atoms with Crippen LogP contribution < -0.4 is 0 Å². The topological polar surface area (TPSA) is 169 Å². The van der Waals surface area contributed by atoms with E-state index in [1.807, 2.05) is 4.90 Å². The molecule has 0 aromatic rings.